The fraction of sp³-hybridized carbons (Fsp3) is 1.00. The van der Waals surface area contributed by atoms with Gasteiger partial charge >= 0.3 is 126 Å². The summed E-state index contributed by atoms with van der Waals surface area (Å²) in [6.07, 6.45) is 23.9. The molecule has 0 nitrogen and oxygen atoms in total. The van der Waals surface area contributed by atoms with Crippen LogP contribution in [0.1, 0.15) is 96.3 Å². The van der Waals surface area contributed by atoms with Gasteiger partial charge in [-0.2, -0.15) is 0 Å². The van der Waals surface area contributed by atoms with E-state index in [1.807, 2.05) is 0 Å². The van der Waals surface area contributed by atoms with Crippen LogP contribution in [0.3, 0.4) is 0 Å². The molecular formula is C18H33Pd. The van der Waals surface area contributed by atoms with Crippen LogP contribution in [0.15, 0.2) is 0 Å². The minimum absolute atomic E-state index is 0.219. The molecule has 0 amide bonds. The van der Waals surface area contributed by atoms with Crippen LogP contribution in [0.25, 0.3) is 0 Å². The summed E-state index contributed by atoms with van der Waals surface area (Å²) in [5.41, 5.74) is 0. The van der Waals surface area contributed by atoms with Crippen molar-refractivity contribution in [3.63, 3.8) is 0 Å². The van der Waals surface area contributed by atoms with Gasteiger partial charge in [-0.05, 0) is 0 Å². The summed E-state index contributed by atoms with van der Waals surface area (Å²) in [5, 5.41) is 0. The van der Waals surface area contributed by atoms with Crippen LogP contribution in [0.4, 0.5) is 0 Å². The first-order valence-electron chi connectivity index (χ1n) is 9.00. The fourth-order valence-corrected chi connectivity index (χ4v) is 12.5. The van der Waals surface area contributed by atoms with Gasteiger partial charge < -0.3 is 0 Å². The zero-order chi connectivity index (χ0) is 12.9. The Bertz CT molecular complexity index is 202. The molecule has 3 aliphatic carbocycles. The van der Waals surface area contributed by atoms with Crippen LogP contribution >= 0.6 is 0 Å². The van der Waals surface area contributed by atoms with E-state index in [1.54, 1.807) is 96.3 Å². The summed E-state index contributed by atoms with van der Waals surface area (Å²) in [6, 6.07) is 0. The zero-order valence-corrected chi connectivity index (χ0v) is 14.2. The summed E-state index contributed by atoms with van der Waals surface area (Å²) in [5.74, 6) is 0. The van der Waals surface area contributed by atoms with Crippen LogP contribution in [-0.2, 0) is 16.8 Å². The molecule has 0 aromatic rings. The van der Waals surface area contributed by atoms with Crippen molar-refractivity contribution in [2.75, 3.05) is 0 Å². The molecule has 3 fully saturated rings. The molecule has 0 aromatic heterocycles. The molecule has 0 atom stereocenters. The maximum absolute atomic E-state index is 1.63. The molecule has 0 N–H and O–H groups in total. The third-order valence-corrected chi connectivity index (χ3v) is 12.5. The molecule has 0 aromatic carbocycles. The molecule has 0 radical (unpaired) electrons. The Labute approximate surface area is 126 Å². The molecule has 3 saturated carbocycles. The van der Waals surface area contributed by atoms with Crippen LogP contribution < -0.4 is 0 Å². The van der Waals surface area contributed by atoms with Crippen LogP contribution in [-0.4, -0.2) is 0 Å². The van der Waals surface area contributed by atoms with E-state index >= 15 is 0 Å². The molecule has 115 valence electrons. The summed E-state index contributed by atoms with van der Waals surface area (Å²) in [6.45, 7) is 0. The van der Waals surface area contributed by atoms with E-state index in [-0.39, 0.29) is 16.8 Å². The van der Waals surface area contributed by atoms with Crippen LogP contribution in [0, 0.1) is 0 Å². The van der Waals surface area contributed by atoms with E-state index < -0.39 is 0 Å². The van der Waals surface area contributed by atoms with Gasteiger partial charge in [0.05, 0.1) is 0 Å². The Morgan fingerprint density at radius 2 is 0.632 bits per heavy atom. The van der Waals surface area contributed by atoms with Gasteiger partial charge in [-0.15, -0.1) is 0 Å². The van der Waals surface area contributed by atoms with Crippen molar-refractivity contribution in [3.8, 4) is 0 Å². The first-order valence-corrected chi connectivity index (χ1v) is 11.7. The van der Waals surface area contributed by atoms with Gasteiger partial charge in [0.25, 0.3) is 0 Å². The zero-order valence-electron chi connectivity index (χ0n) is 12.7. The average Bonchev–Trinajstić information content (AvgIpc) is 2.51. The third-order valence-electron chi connectivity index (χ3n) is 5.39. The molecule has 0 saturated heterocycles. The normalized spacial score (nSPS) is 29.4. The van der Waals surface area contributed by atoms with Gasteiger partial charge in [0.2, 0.25) is 0 Å². The van der Waals surface area contributed by atoms with Crippen molar-refractivity contribution < 1.29 is 16.8 Å². The van der Waals surface area contributed by atoms with Gasteiger partial charge in [-0.3, -0.25) is 0 Å². The first-order chi connectivity index (χ1) is 9.45. The van der Waals surface area contributed by atoms with Crippen molar-refractivity contribution in [1.82, 2.24) is 0 Å². The molecular weight excluding hydrogens is 323 g/mol. The molecule has 0 spiro atoms. The maximum atomic E-state index is 1.63. The van der Waals surface area contributed by atoms with Gasteiger partial charge in [-0.1, -0.05) is 0 Å². The molecule has 0 bridgehead atoms. The van der Waals surface area contributed by atoms with Crippen LogP contribution in [0.5, 0.6) is 0 Å². The minimum atomic E-state index is -0.219. The van der Waals surface area contributed by atoms with E-state index in [2.05, 4.69) is 0 Å². The molecule has 0 heterocycles. The first kappa shape index (κ1) is 14.6. The number of rotatable bonds is 3. The predicted molar refractivity (Wildman–Crippen MR) is 80.5 cm³/mol. The summed E-state index contributed by atoms with van der Waals surface area (Å²) in [7, 11) is 0. The Hall–Kier alpha value is 0.662. The van der Waals surface area contributed by atoms with E-state index in [0.29, 0.717) is 0 Å². The monoisotopic (exact) mass is 355 g/mol. The molecule has 19 heavy (non-hydrogen) atoms. The Balaban J connectivity index is 1.68. The van der Waals surface area contributed by atoms with E-state index in [0.717, 1.165) is 0 Å². The molecule has 0 aliphatic heterocycles. The SMILES string of the molecule is C1CC[CH]([Pd]([CH]2CCCCC2)[CH]2CCCCC2)CC1. The van der Waals surface area contributed by atoms with Crippen LogP contribution in [0.2, 0.25) is 13.2 Å². The van der Waals surface area contributed by atoms with Crippen molar-refractivity contribution in [3.05, 3.63) is 0 Å². The van der Waals surface area contributed by atoms with Crippen molar-refractivity contribution in [2.45, 2.75) is 109 Å². The Morgan fingerprint density at radius 3 is 0.895 bits per heavy atom. The van der Waals surface area contributed by atoms with E-state index in [9.17, 15) is 0 Å². The molecule has 1 heteroatoms. The van der Waals surface area contributed by atoms with Gasteiger partial charge in [0, 0.05) is 0 Å². The Kier molecular flexibility index (Phi) is 5.84. The second-order valence-corrected chi connectivity index (χ2v) is 12.2. The Morgan fingerprint density at radius 1 is 0.368 bits per heavy atom. The molecule has 3 rings (SSSR count). The second kappa shape index (κ2) is 7.61. The second-order valence-electron chi connectivity index (χ2n) is 6.87. The molecule has 0 unspecified atom stereocenters. The summed E-state index contributed by atoms with van der Waals surface area (Å²) >= 11 is -0.219. The predicted octanol–water partition coefficient (Wildman–Crippen LogP) is 6.86. The van der Waals surface area contributed by atoms with Gasteiger partial charge in [0.1, 0.15) is 0 Å². The number of hydrogen-bond donors (Lipinski definition) is 0. The van der Waals surface area contributed by atoms with Crippen molar-refractivity contribution >= 4 is 0 Å². The quantitative estimate of drug-likeness (QED) is 0.485. The van der Waals surface area contributed by atoms with Crippen molar-refractivity contribution in [1.29, 1.82) is 0 Å². The standard InChI is InChI=1S/3C6H11.Pd/c3*1-2-4-6-5-3-1;/h3*1H,2-6H2;. The van der Waals surface area contributed by atoms with E-state index in [4.69, 9.17) is 0 Å². The summed E-state index contributed by atoms with van der Waals surface area (Å²) < 4.78 is 3.72. The van der Waals surface area contributed by atoms with Crippen molar-refractivity contribution in [2.24, 2.45) is 0 Å². The topological polar surface area (TPSA) is 0 Å². The van der Waals surface area contributed by atoms with Gasteiger partial charge in [0.15, 0.2) is 0 Å². The van der Waals surface area contributed by atoms with Gasteiger partial charge in [-0.25, -0.2) is 0 Å². The molecule has 3 aliphatic rings. The van der Waals surface area contributed by atoms with E-state index in [1.165, 1.54) is 13.2 Å². The number of hydrogen-bond acceptors (Lipinski definition) is 0. The summed E-state index contributed by atoms with van der Waals surface area (Å²) in [4.78, 5) is 0. The fourth-order valence-electron chi connectivity index (χ4n) is 4.35. The third kappa shape index (κ3) is 3.85. The average molecular weight is 356 g/mol.